The van der Waals surface area contributed by atoms with Crippen LogP contribution >= 0.6 is 15.9 Å². The Morgan fingerprint density at radius 3 is 2.70 bits per heavy atom. The van der Waals surface area contributed by atoms with E-state index >= 15 is 0 Å². The fourth-order valence-corrected chi connectivity index (χ4v) is 3.20. The molecule has 0 spiro atoms. The highest BCUT2D eigenvalue weighted by Gasteiger charge is 2.21. The number of nitrogens with one attached hydrogen (secondary N) is 2. The molecule has 23 heavy (non-hydrogen) atoms. The summed E-state index contributed by atoms with van der Waals surface area (Å²) in [4.78, 5) is 18.5. The molecule has 118 valence electrons. The fraction of sp³-hybridized carbons (Fsp3) is 0.312. The van der Waals surface area contributed by atoms with Gasteiger partial charge >= 0.3 is 0 Å². The summed E-state index contributed by atoms with van der Waals surface area (Å²) in [5.41, 5.74) is 2.07. The third-order valence-electron chi connectivity index (χ3n) is 4.20. The third-order valence-corrected chi connectivity index (χ3v) is 4.61. The van der Waals surface area contributed by atoms with E-state index in [1.807, 2.05) is 18.5 Å². The maximum absolute atomic E-state index is 4.38. The van der Waals surface area contributed by atoms with Crippen LogP contribution in [0.15, 0.2) is 41.4 Å². The van der Waals surface area contributed by atoms with Crippen molar-refractivity contribution in [3.8, 4) is 0 Å². The summed E-state index contributed by atoms with van der Waals surface area (Å²) in [5, 5.41) is 4.80. The molecule has 0 bridgehead atoms. The number of aromatic nitrogens is 4. The monoisotopic (exact) mass is 372 g/mol. The van der Waals surface area contributed by atoms with Crippen molar-refractivity contribution >= 4 is 38.6 Å². The summed E-state index contributed by atoms with van der Waals surface area (Å²) < 4.78 is 0.908. The first-order valence-electron chi connectivity index (χ1n) is 7.71. The van der Waals surface area contributed by atoms with Crippen LogP contribution in [-0.2, 0) is 0 Å². The van der Waals surface area contributed by atoms with Gasteiger partial charge in [-0.25, -0.2) is 15.0 Å². The molecule has 1 saturated heterocycles. The molecule has 7 heteroatoms. The number of rotatable bonds is 3. The fourth-order valence-electron chi connectivity index (χ4n) is 3.00. The minimum Gasteiger partial charge on any atom is -0.382 e. The number of piperidine rings is 1. The zero-order chi connectivity index (χ0) is 15.6. The van der Waals surface area contributed by atoms with Crippen molar-refractivity contribution in [1.82, 2.24) is 19.9 Å². The zero-order valence-electron chi connectivity index (χ0n) is 12.5. The molecule has 0 amide bonds. The summed E-state index contributed by atoms with van der Waals surface area (Å²) >= 11 is 3.37. The van der Waals surface area contributed by atoms with Crippen LogP contribution in [0.5, 0.6) is 0 Å². The van der Waals surface area contributed by atoms with Crippen LogP contribution in [0.25, 0.3) is 11.0 Å². The van der Waals surface area contributed by atoms with Crippen LogP contribution in [0.4, 0.5) is 11.6 Å². The second kappa shape index (κ2) is 6.16. The zero-order valence-corrected chi connectivity index (χ0v) is 14.1. The number of halogens is 1. The number of pyridine rings is 1. The molecule has 0 unspecified atom stereocenters. The van der Waals surface area contributed by atoms with E-state index in [4.69, 9.17) is 0 Å². The number of nitrogens with zero attached hydrogens (tertiary/aromatic N) is 4. The normalized spacial score (nSPS) is 16.0. The Kier molecular flexibility index (Phi) is 3.87. The van der Waals surface area contributed by atoms with E-state index in [0.29, 0.717) is 6.04 Å². The Bertz CT molecular complexity index is 792. The standard InChI is InChI=1S/C16H17BrN6/c17-11-9-20-16(21-10-11)23-7-3-12(4-8-23)22-14-2-6-19-15-13(14)1-5-18-15/h1-2,5-6,9-10,12H,3-4,7-8H2,(H2,18,19,22). The summed E-state index contributed by atoms with van der Waals surface area (Å²) in [6.45, 7) is 1.92. The van der Waals surface area contributed by atoms with E-state index in [9.17, 15) is 0 Å². The van der Waals surface area contributed by atoms with Crippen molar-refractivity contribution in [2.45, 2.75) is 18.9 Å². The van der Waals surface area contributed by atoms with Gasteiger partial charge in [-0.15, -0.1) is 0 Å². The van der Waals surface area contributed by atoms with Crippen LogP contribution in [0.2, 0.25) is 0 Å². The second-order valence-electron chi connectivity index (χ2n) is 5.71. The van der Waals surface area contributed by atoms with E-state index in [0.717, 1.165) is 53.1 Å². The van der Waals surface area contributed by atoms with Gasteiger partial charge in [0.15, 0.2) is 0 Å². The first kappa shape index (κ1) is 14.4. The van der Waals surface area contributed by atoms with E-state index in [1.165, 1.54) is 0 Å². The van der Waals surface area contributed by atoms with Crippen molar-refractivity contribution in [1.29, 1.82) is 0 Å². The van der Waals surface area contributed by atoms with Gasteiger partial charge in [-0.1, -0.05) is 0 Å². The second-order valence-corrected chi connectivity index (χ2v) is 6.62. The van der Waals surface area contributed by atoms with Gasteiger partial charge in [-0.05, 0) is 40.9 Å². The molecule has 2 N–H and O–H groups in total. The molecule has 3 aromatic heterocycles. The number of anilines is 2. The highest BCUT2D eigenvalue weighted by molar-refractivity contribution is 9.10. The van der Waals surface area contributed by atoms with Crippen LogP contribution in [0, 0.1) is 0 Å². The quantitative estimate of drug-likeness (QED) is 0.738. The SMILES string of the molecule is Brc1cnc(N2CCC(Nc3ccnc4[nH]ccc34)CC2)nc1. The minimum absolute atomic E-state index is 0.460. The summed E-state index contributed by atoms with van der Waals surface area (Å²) in [6.07, 6.45) is 9.49. The Labute approximate surface area is 142 Å². The number of aromatic amines is 1. The van der Waals surface area contributed by atoms with Gasteiger partial charge in [0.1, 0.15) is 5.65 Å². The van der Waals surface area contributed by atoms with Gasteiger partial charge in [0.05, 0.1) is 4.47 Å². The highest BCUT2D eigenvalue weighted by Crippen LogP contribution is 2.24. The van der Waals surface area contributed by atoms with Crippen LogP contribution < -0.4 is 10.2 Å². The Hall–Kier alpha value is -2.15. The van der Waals surface area contributed by atoms with Crippen LogP contribution in [-0.4, -0.2) is 39.1 Å². The molecule has 0 saturated carbocycles. The van der Waals surface area contributed by atoms with Crippen molar-refractivity contribution in [2.24, 2.45) is 0 Å². The third kappa shape index (κ3) is 3.01. The smallest absolute Gasteiger partial charge is 0.225 e. The average Bonchev–Trinajstić information content (AvgIpc) is 3.06. The van der Waals surface area contributed by atoms with Gasteiger partial charge in [-0.2, -0.15) is 0 Å². The molecule has 0 radical (unpaired) electrons. The van der Waals surface area contributed by atoms with Gasteiger partial charge in [-0.3, -0.25) is 0 Å². The molecular weight excluding hydrogens is 356 g/mol. The molecule has 0 aliphatic carbocycles. The minimum atomic E-state index is 0.460. The van der Waals surface area contributed by atoms with E-state index < -0.39 is 0 Å². The first-order chi connectivity index (χ1) is 11.3. The van der Waals surface area contributed by atoms with Crippen LogP contribution in [0.3, 0.4) is 0 Å². The lowest BCUT2D eigenvalue weighted by molar-refractivity contribution is 0.520. The van der Waals surface area contributed by atoms with Crippen LogP contribution in [0.1, 0.15) is 12.8 Å². The number of H-pyrrole nitrogens is 1. The molecule has 4 heterocycles. The lowest BCUT2D eigenvalue weighted by atomic mass is 10.0. The highest BCUT2D eigenvalue weighted by atomic mass is 79.9. The van der Waals surface area contributed by atoms with Gasteiger partial charge in [0, 0.05) is 55.0 Å². The van der Waals surface area contributed by atoms with E-state index in [2.05, 4.69) is 52.1 Å². The molecule has 4 rings (SSSR count). The van der Waals surface area contributed by atoms with Crippen molar-refractivity contribution in [2.75, 3.05) is 23.3 Å². The molecule has 1 aliphatic rings. The number of hydrogen-bond acceptors (Lipinski definition) is 5. The predicted octanol–water partition coefficient (Wildman–Crippen LogP) is 3.20. The summed E-state index contributed by atoms with van der Waals surface area (Å²) in [6, 6.07) is 4.57. The first-order valence-corrected chi connectivity index (χ1v) is 8.50. The van der Waals surface area contributed by atoms with Crippen molar-refractivity contribution < 1.29 is 0 Å². The van der Waals surface area contributed by atoms with Gasteiger partial charge in [0.25, 0.3) is 0 Å². The predicted molar refractivity (Wildman–Crippen MR) is 94.7 cm³/mol. The largest absolute Gasteiger partial charge is 0.382 e. The van der Waals surface area contributed by atoms with E-state index in [1.54, 1.807) is 12.4 Å². The Morgan fingerprint density at radius 1 is 1.13 bits per heavy atom. The lowest BCUT2D eigenvalue weighted by Crippen LogP contribution is -2.39. The molecule has 1 aliphatic heterocycles. The van der Waals surface area contributed by atoms with Crippen molar-refractivity contribution in [3.05, 3.63) is 41.4 Å². The molecule has 3 aromatic rings. The topological polar surface area (TPSA) is 69.7 Å². The molecule has 6 nitrogen and oxygen atoms in total. The summed E-state index contributed by atoms with van der Waals surface area (Å²) in [7, 11) is 0. The maximum atomic E-state index is 4.38. The molecule has 0 aromatic carbocycles. The van der Waals surface area contributed by atoms with Gasteiger partial charge < -0.3 is 15.2 Å². The molecule has 1 fully saturated rings. The Balaban J connectivity index is 1.42. The lowest BCUT2D eigenvalue weighted by Gasteiger charge is -2.32. The molecule has 0 atom stereocenters. The van der Waals surface area contributed by atoms with Gasteiger partial charge in [0.2, 0.25) is 5.95 Å². The average molecular weight is 373 g/mol. The number of hydrogen-bond donors (Lipinski definition) is 2. The van der Waals surface area contributed by atoms with Crippen molar-refractivity contribution in [3.63, 3.8) is 0 Å². The molecular formula is C16H17BrN6. The Morgan fingerprint density at radius 2 is 1.91 bits per heavy atom. The number of fused-ring (bicyclic) bond motifs is 1. The summed E-state index contributed by atoms with van der Waals surface area (Å²) in [5.74, 6) is 0.809. The maximum Gasteiger partial charge on any atom is 0.225 e. The van der Waals surface area contributed by atoms with E-state index in [-0.39, 0.29) is 0 Å².